The molecule has 0 spiro atoms. The molecule has 0 aromatic carbocycles. The Bertz CT molecular complexity index is 421. The van der Waals surface area contributed by atoms with Crippen LogP contribution in [0, 0.1) is 5.92 Å². The van der Waals surface area contributed by atoms with Crippen LogP contribution >= 0.6 is 0 Å². The van der Waals surface area contributed by atoms with Gasteiger partial charge in [-0.2, -0.15) is 17.0 Å². The maximum absolute atomic E-state index is 12.8. The van der Waals surface area contributed by atoms with Crippen LogP contribution in [0.25, 0.3) is 0 Å². The molecule has 0 aromatic rings. The van der Waals surface area contributed by atoms with Crippen LogP contribution in [0.4, 0.5) is 0 Å². The van der Waals surface area contributed by atoms with E-state index in [0.717, 1.165) is 39.0 Å². The van der Waals surface area contributed by atoms with Gasteiger partial charge in [0.15, 0.2) is 0 Å². The average molecular weight is 318 g/mol. The average Bonchev–Trinajstić information content (AvgIpc) is 2.45. The predicted octanol–water partition coefficient (Wildman–Crippen LogP) is 0.189. The molecule has 0 bridgehead atoms. The van der Waals surface area contributed by atoms with Crippen LogP contribution in [-0.2, 0) is 10.2 Å². The SMILES string of the molecule is CCNCC1CCN(S(=O)(=O)N2CCN(C)CC2C)CC1. The lowest BCUT2D eigenvalue weighted by atomic mass is 9.98. The summed E-state index contributed by atoms with van der Waals surface area (Å²) in [5.74, 6) is 0.612. The van der Waals surface area contributed by atoms with Gasteiger partial charge in [-0.25, -0.2) is 0 Å². The van der Waals surface area contributed by atoms with Gasteiger partial charge in [-0.3, -0.25) is 0 Å². The Balaban J connectivity index is 1.92. The number of rotatable bonds is 5. The molecule has 21 heavy (non-hydrogen) atoms. The number of piperazine rings is 1. The largest absolute Gasteiger partial charge is 0.317 e. The van der Waals surface area contributed by atoms with Crippen molar-refractivity contribution in [3.05, 3.63) is 0 Å². The minimum Gasteiger partial charge on any atom is -0.317 e. The molecule has 2 aliphatic heterocycles. The van der Waals surface area contributed by atoms with E-state index in [1.165, 1.54) is 0 Å². The fourth-order valence-electron chi connectivity index (χ4n) is 3.31. The second-order valence-corrected chi connectivity index (χ2v) is 8.26. The fraction of sp³-hybridized carbons (Fsp3) is 1.00. The maximum atomic E-state index is 12.8. The molecule has 2 heterocycles. The first kappa shape index (κ1) is 17.1. The first-order chi connectivity index (χ1) is 9.95. The molecule has 0 radical (unpaired) electrons. The van der Waals surface area contributed by atoms with Crippen LogP contribution in [0.2, 0.25) is 0 Å². The van der Waals surface area contributed by atoms with Gasteiger partial charge in [-0.05, 0) is 45.8 Å². The number of hydrogen-bond donors (Lipinski definition) is 1. The standard InChI is InChI=1S/C14H30N4O2S/c1-4-15-11-14-5-7-17(8-6-14)21(19,20)18-10-9-16(3)12-13(18)2/h13-15H,4-12H2,1-3H3. The summed E-state index contributed by atoms with van der Waals surface area (Å²) in [6.45, 7) is 9.68. The van der Waals surface area contributed by atoms with Gasteiger partial charge in [0, 0.05) is 38.8 Å². The Labute approximate surface area is 129 Å². The molecule has 1 unspecified atom stereocenters. The lowest BCUT2D eigenvalue weighted by Gasteiger charge is -2.41. The topological polar surface area (TPSA) is 55.9 Å². The first-order valence-corrected chi connectivity index (χ1v) is 9.51. The summed E-state index contributed by atoms with van der Waals surface area (Å²) < 4.78 is 29.0. The van der Waals surface area contributed by atoms with Crippen LogP contribution in [-0.4, -0.2) is 80.8 Å². The zero-order valence-electron chi connectivity index (χ0n) is 13.6. The molecular weight excluding hydrogens is 288 g/mol. The maximum Gasteiger partial charge on any atom is 0.282 e. The van der Waals surface area contributed by atoms with E-state index in [1.54, 1.807) is 8.61 Å². The highest BCUT2D eigenvalue weighted by Gasteiger charge is 2.37. The molecule has 7 heteroatoms. The van der Waals surface area contributed by atoms with Crippen molar-refractivity contribution < 1.29 is 8.42 Å². The molecule has 2 fully saturated rings. The van der Waals surface area contributed by atoms with Crippen molar-refractivity contribution in [1.29, 1.82) is 0 Å². The van der Waals surface area contributed by atoms with E-state index >= 15 is 0 Å². The summed E-state index contributed by atoms with van der Waals surface area (Å²) in [6.07, 6.45) is 1.93. The molecule has 124 valence electrons. The fourth-order valence-corrected chi connectivity index (χ4v) is 5.11. The zero-order valence-corrected chi connectivity index (χ0v) is 14.4. The molecule has 0 aliphatic carbocycles. The third kappa shape index (κ3) is 4.16. The summed E-state index contributed by atoms with van der Waals surface area (Å²) in [5, 5.41) is 3.36. The number of hydrogen-bond acceptors (Lipinski definition) is 4. The number of nitrogens with zero attached hydrogens (tertiary/aromatic N) is 3. The van der Waals surface area contributed by atoms with Crippen LogP contribution < -0.4 is 5.32 Å². The highest BCUT2D eigenvalue weighted by atomic mass is 32.2. The first-order valence-electron chi connectivity index (χ1n) is 8.11. The molecule has 0 saturated carbocycles. The molecule has 6 nitrogen and oxygen atoms in total. The van der Waals surface area contributed by atoms with Crippen LogP contribution in [0.15, 0.2) is 0 Å². The minimum absolute atomic E-state index is 0.0632. The highest BCUT2D eigenvalue weighted by molar-refractivity contribution is 7.86. The lowest BCUT2D eigenvalue weighted by Crippen LogP contribution is -2.57. The second kappa shape index (κ2) is 7.37. The van der Waals surface area contributed by atoms with E-state index in [0.29, 0.717) is 25.6 Å². The van der Waals surface area contributed by atoms with E-state index < -0.39 is 10.2 Å². The van der Waals surface area contributed by atoms with E-state index in [2.05, 4.69) is 17.1 Å². The monoisotopic (exact) mass is 318 g/mol. The Morgan fingerprint density at radius 2 is 1.81 bits per heavy atom. The van der Waals surface area contributed by atoms with Gasteiger partial charge in [-0.15, -0.1) is 0 Å². The van der Waals surface area contributed by atoms with Crippen molar-refractivity contribution in [1.82, 2.24) is 18.8 Å². The van der Waals surface area contributed by atoms with Crippen LogP contribution in [0.1, 0.15) is 26.7 Å². The molecule has 2 rings (SSSR count). The molecule has 0 amide bonds. The summed E-state index contributed by atoms with van der Waals surface area (Å²) in [7, 11) is -1.23. The molecule has 1 N–H and O–H groups in total. The number of nitrogens with one attached hydrogen (secondary N) is 1. The van der Waals surface area contributed by atoms with Gasteiger partial charge in [0.2, 0.25) is 0 Å². The highest BCUT2D eigenvalue weighted by Crippen LogP contribution is 2.23. The van der Waals surface area contributed by atoms with E-state index in [9.17, 15) is 8.42 Å². The zero-order chi connectivity index (χ0) is 15.5. The Morgan fingerprint density at radius 1 is 1.14 bits per heavy atom. The smallest absolute Gasteiger partial charge is 0.282 e. The molecular formula is C14H30N4O2S. The Morgan fingerprint density at radius 3 is 2.38 bits per heavy atom. The summed E-state index contributed by atoms with van der Waals surface area (Å²) in [5.41, 5.74) is 0. The molecule has 2 aliphatic rings. The van der Waals surface area contributed by atoms with Gasteiger partial charge < -0.3 is 10.2 Å². The Kier molecular flexibility index (Phi) is 6.02. The third-order valence-electron chi connectivity index (χ3n) is 4.65. The van der Waals surface area contributed by atoms with Crippen molar-refractivity contribution >= 4 is 10.2 Å². The summed E-state index contributed by atoms with van der Waals surface area (Å²) >= 11 is 0. The predicted molar refractivity (Wildman–Crippen MR) is 85.4 cm³/mol. The second-order valence-electron chi connectivity index (χ2n) is 6.38. The molecule has 2 saturated heterocycles. The van der Waals surface area contributed by atoms with Gasteiger partial charge in [0.25, 0.3) is 10.2 Å². The van der Waals surface area contributed by atoms with Crippen molar-refractivity contribution in [3.63, 3.8) is 0 Å². The summed E-state index contributed by atoms with van der Waals surface area (Å²) in [6, 6.07) is 0.0632. The van der Waals surface area contributed by atoms with Crippen molar-refractivity contribution in [2.75, 3.05) is 52.9 Å². The van der Waals surface area contributed by atoms with E-state index in [1.807, 2.05) is 14.0 Å². The minimum atomic E-state index is -3.28. The van der Waals surface area contributed by atoms with E-state index in [-0.39, 0.29) is 6.04 Å². The summed E-state index contributed by atoms with van der Waals surface area (Å²) in [4.78, 5) is 2.19. The lowest BCUT2D eigenvalue weighted by molar-refractivity contribution is 0.156. The van der Waals surface area contributed by atoms with Gasteiger partial charge in [-0.1, -0.05) is 6.92 Å². The normalized spacial score (nSPS) is 28.0. The van der Waals surface area contributed by atoms with Gasteiger partial charge >= 0.3 is 0 Å². The third-order valence-corrected chi connectivity index (χ3v) is 6.80. The Hall–Kier alpha value is -0.210. The van der Waals surface area contributed by atoms with Crippen molar-refractivity contribution in [2.24, 2.45) is 5.92 Å². The van der Waals surface area contributed by atoms with Gasteiger partial charge in [0.05, 0.1) is 0 Å². The van der Waals surface area contributed by atoms with E-state index in [4.69, 9.17) is 0 Å². The molecule has 1 atom stereocenters. The van der Waals surface area contributed by atoms with Crippen LogP contribution in [0.3, 0.4) is 0 Å². The number of piperidine rings is 1. The quantitative estimate of drug-likeness (QED) is 0.786. The van der Waals surface area contributed by atoms with Gasteiger partial charge in [0.1, 0.15) is 0 Å². The van der Waals surface area contributed by atoms with Crippen molar-refractivity contribution in [2.45, 2.75) is 32.7 Å². The molecule has 0 aromatic heterocycles. The van der Waals surface area contributed by atoms with Crippen LogP contribution in [0.5, 0.6) is 0 Å². The van der Waals surface area contributed by atoms with Crippen molar-refractivity contribution in [3.8, 4) is 0 Å². The number of likely N-dealkylation sites (N-methyl/N-ethyl adjacent to an activating group) is 1.